The second kappa shape index (κ2) is 12.7. The van der Waals surface area contributed by atoms with Crippen molar-refractivity contribution in [1.82, 2.24) is 30.5 Å². The number of piperidine rings is 2. The number of nitrogens with zero attached hydrogens (tertiary/aromatic N) is 2. The normalized spacial score (nSPS) is 40.7. The molecular weight excluding hydrogens is 561 g/mol. The Balaban J connectivity index is 1.10. The van der Waals surface area contributed by atoms with Crippen molar-refractivity contribution in [2.45, 2.75) is 139 Å². The highest BCUT2D eigenvalue weighted by Gasteiger charge is 2.62. The maximum atomic E-state index is 13.6. The number of rotatable bonds is 5. The highest BCUT2D eigenvalue weighted by atomic mass is 32.2. The molecule has 5 heterocycles. The van der Waals surface area contributed by atoms with Gasteiger partial charge in [0.15, 0.2) is 0 Å². The van der Waals surface area contributed by atoms with E-state index in [0.717, 1.165) is 38.9 Å². The van der Waals surface area contributed by atoms with Crippen molar-refractivity contribution in [3.63, 3.8) is 0 Å². The van der Waals surface area contributed by atoms with Gasteiger partial charge in [-0.15, -0.1) is 0 Å². The van der Waals surface area contributed by atoms with Crippen LogP contribution in [0.4, 0.5) is 13.2 Å². The highest BCUT2D eigenvalue weighted by Crippen LogP contribution is 2.60. The van der Waals surface area contributed by atoms with E-state index in [9.17, 15) is 18.0 Å². The van der Waals surface area contributed by atoms with Crippen LogP contribution in [0.25, 0.3) is 0 Å². The monoisotopic (exact) mass is 614 g/mol. The molecule has 0 aromatic rings. The van der Waals surface area contributed by atoms with E-state index in [1.807, 2.05) is 16.8 Å². The molecule has 7 nitrogen and oxygen atoms in total. The Labute approximate surface area is 254 Å². The average molecular weight is 615 g/mol. The first-order valence-electron chi connectivity index (χ1n) is 16.8. The van der Waals surface area contributed by atoms with Crippen LogP contribution in [-0.4, -0.2) is 77.5 Å². The largest absolute Gasteiger partial charge is 0.394 e. The number of fused-ring (bicyclic) bond motifs is 6. The molecule has 1 amide bonds. The quantitative estimate of drug-likeness (QED) is 0.320. The van der Waals surface area contributed by atoms with Gasteiger partial charge in [-0.2, -0.15) is 13.2 Å². The van der Waals surface area contributed by atoms with Gasteiger partial charge in [-0.05, 0) is 110 Å². The maximum Gasteiger partial charge on any atom is 0.394 e. The van der Waals surface area contributed by atoms with E-state index in [1.165, 1.54) is 38.5 Å². The molecule has 6 rings (SSSR count). The molecule has 1 saturated carbocycles. The van der Waals surface area contributed by atoms with Crippen LogP contribution in [0, 0.1) is 23.2 Å². The summed E-state index contributed by atoms with van der Waals surface area (Å²) in [6.07, 6.45) is 8.26. The fourth-order valence-corrected chi connectivity index (χ4v) is 9.80. The van der Waals surface area contributed by atoms with Crippen molar-refractivity contribution in [1.29, 1.82) is 0 Å². The lowest BCUT2D eigenvalue weighted by atomic mass is 9.89. The Morgan fingerprint density at radius 3 is 2.64 bits per heavy atom. The molecule has 11 heteroatoms. The number of hydrogen-bond acceptors (Lipinski definition) is 7. The number of carbonyl (C=O) groups excluding carboxylic acids is 1. The second-order valence-corrected chi connectivity index (χ2v) is 16.0. The third kappa shape index (κ3) is 6.81. The SMILES string of the molecule is CC1(C)C[C@@H]2CCCNC3CCCC(N3)SNCC3CCC(N4CCC(CCCC5(C(F)(F)F)CC5)C4=O)NC3N1C2. The molecular formula is C31H53F3N6OS. The molecule has 240 valence electrons. The molecule has 42 heavy (non-hydrogen) atoms. The molecule has 6 aliphatic rings. The summed E-state index contributed by atoms with van der Waals surface area (Å²) in [6.45, 7) is 8.56. The average Bonchev–Trinajstić information content (AvgIpc) is 3.57. The minimum absolute atomic E-state index is 0.00301. The predicted molar refractivity (Wildman–Crippen MR) is 161 cm³/mol. The first kappa shape index (κ1) is 31.4. The van der Waals surface area contributed by atoms with Gasteiger partial charge in [0.05, 0.1) is 29.3 Å². The van der Waals surface area contributed by atoms with Crippen LogP contribution in [-0.2, 0) is 4.79 Å². The summed E-state index contributed by atoms with van der Waals surface area (Å²) in [6, 6.07) is 0. The fourth-order valence-electron chi connectivity index (χ4n) is 8.78. The van der Waals surface area contributed by atoms with Gasteiger partial charge < -0.3 is 10.2 Å². The molecule has 0 radical (unpaired) electrons. The number of amides is 1. The molecule has 7 unspecified atom stereocenters. The molecule has 0 aromatic carbocycles. The van der Waals surface area contributed by atoms with E-state index < -0.39 is 11.6 Å². The Morgan fingerprint density at radius 1 is 1.02 bits per heavy atom. The van der Waals surface area contributed by atoms with E-state index in [-0.39, 0.29) is 49.0 Å². The number of likely N-dealkylation sites (tertiary alicyclic amines) is 1. The predicted octanol–water partition coefficient (Wildman–Crippen LogP) is 5.15. The topological polar surface area (TPSA) is 71.7 Å². The minimum Gasteiger partial charge on any atom is -0.327 e. The van der Waals surface area contributed by atoms with Gasteiger partial charge in [0, 0.05) is 37.0 Å². The van der Waals surface area contributed by atoms with Crippen molar-refractivity contribution < 1.29 is 18.0 Å². The van der Waals surface area contributed by atoms with Crippen LogP contribution in [0.2, 0.25) is 0 Å². The molecule has 6 fully saturated rings. The molecule has 4 N–H and O–H groups in total. The summed E-state index contributed by atoms with van der Waals surface area (Å²) in [4.78, 5) is 18.3. The third-order valence-electron chi connectivity index (χ3n) is 11.5. The Hall–Kier alpha value is -0.590. The zero-order valence-corrected chi connectivity index (χ0v) is 26.4. The van der Waals surface area contributed by atoms with Crippen molar-refractivity contribution in [3.8, 4) is 0 Å². The summed E-state index contributed by atoms with van der Waals surface area (Å²) in [5.41, 5.74) is -1.37. The van der Waals surface area contributed by atoms with E-state index >= 15 is 0 Å². The Bertz CT molecular complexity index is 948. The molecule has 5 saturated heterocycles. The molecule has 0 spiro atoms. The standard InChI is InChI=1S/C31H53F3N6OS/c1-29(2)18-21-6-5-16-35-24-8-3-9-26(37-24)42-36-19-23-10-11-25(38-27(23)40(29)20-21)39-17-12-22(28(39)41)7-4-13-30(14-15-30)31(32,33)34/h21-27,35-38H,3-20H2,1-2H3/t21-,22?,23?,24?,25?,26?,27?/m0/s1. The number of alkyl halides is 3. The minimum atomic E-state index is -4.10. The summed E-state index contributed by atoms with van der Waals surface area (Å²) in [5, 5.41) is 12.0. The molecule has 4 bridgehead atoms. The number of hydrogen-bond donors (Lipinski definition) is 4. The summed E-state index contributed by atoms with van der Waals surface area (Å²) in [7, 11) is 0. The maximum absolute atomic E-state index is 13.6. The van der Waals surface area contributed by atoms with Crippen LogP contribution in [0.3, 0.4) is 0 Å². The van der Waals surface area contributed by atoms with Crippen LogP contribution < -0.4 is 20.7 Å². The fraction of sp³-hybridized carbons (Fsp3) is 0.968. The molecule has 0 aromatic heterocycles. The van der Waals surface area contributed by atoms with E-state index in [4.69, 9.17) is 0 Å². The first-order valence-corrected chi connectivity index (χ1v) is 17.7. The zero-order chi connectivity index (χ0) is 29.5. The third-order valence-corrected chi connectivity index (χ3v) is 12.5. The summed E-state index contributed by atoms with van der Waals surface area (Å²) >= 11 is 1.84. The van der Waals surface area contributed by atoms with Gasteiger partial charge in [-0.25, -0.2) is 0 Å². The summed E-state index contributed by atoms with van der Waals surface area (Å²) < 4.78 is 43.9. The lowest BCUT2D eigenvalue weighted by Crippen LogP contribution is -2.65. The molecule has 1 aliphatic carbocycles. The van der Waals surface area contributed by atoms with Gasteiger partial charge in [-0.1, -0.05) is 18.4 Å². The number of nitrogens with one attached hydrogen (secondary N) is 4. The summed E-state index contributed by atoms with van der Waals surface area (Å²) in [5.74, 6) is 1.14. The first-order chi connectivity index (χ1) is 20.0. The molecule has 5 aliphatic heterocycles. The van der Waals surface area contributed by atoms with Gasteiger partial charge in [0.1, 0.15) is 0 Å². The number of carbonyl (C=O) groups is 1. The number of halogens is 3. The van der Waals surface area contributed by atoms with Gasteiger partial charge in [0.2, 0.25) is 5.91 Å². The van der Waals surface area contributed by atoms with E-state index in [0.29, 0.717) is 42.8 Å². The van der Waals surface area contributed by atoms with Crippen molar-refractivity contribution in [3.05, 3.63) is 0 Å². The Morgan fingerprint density at radius 2 is 1.86 bits per heavy atom. The Kier molecular flexibility index (Phi) is 9.46. The van der Waals surface area contributed by atoms with E-state index in [1.54, 1.807) is 0 Å². The van der Waals surface area contributed by atoms with Gasteiger partial charge in [-0.3, -0.25) is 25.1 Å². The smallest absolute Gasteiger partial charge is 0.327 e. The van der Waals surface area contributed by atoms with Crippen LogP contribution in [0.5, 0.6) is 0 Å². The lowest BCUT2D eigenvalue weighted by molar-refractivity contribution is -0.189. The van der Waals surface area contributed by atoms with Crippen molar-refractivity contribution in [2.24, 2.45) is 23.2 Å². The van der Waals surface area contributed by atoms with Crippen LogP contribution in [0.15, 0.2) is 0 Å². The zero-order valence-electron chi connectivity index (χ0n) is 25.6. The van der Waals surface area contributed by atoms with E-state index in [2.05, 4.69) is 39.4 Å². The highest BCUT2D eigenvalue weighted by molar-refractivity contribution is 7.98. The van der Waals surface area contributed by atoms with Gasteiger partial charge in [0.25, 0.3) is 0 Å². The van der Waals surface area contributed by atoms with Crippen LogP contribution >= 0.6 is 11.9 Å². The lowest BCUT2D eigenvalue weighted by Gasteiger charge is -2.49. The second-order valence-electron chi connectivity index (χ2n) is 14.9. The van der Waals surface area contributed by atoms with Crippen LogP contribution in [0.1, 0.15) is 104 Å². The van der Waals surface area contributed by atoms with Gasteiger partial charge >= 0.3 is 6.18 Å². The van der Waals surface area contributed by atoms with Crippen molar-refractivity contribution >= 4 is 17.9 Å². The van der Waals surface area contributed by atoms with Crippen molar-refractivity contribution in [2.75, 3.05) is 26.2 Å². The molecule has 8 atom stereocenters.